The molecule has 17 heavy (non-hydrogen) atoms. The smallest absolute Gasteiger partial charge is 0.223 e. The molecule has 0 aromatic carbocycles. The SMILES string of the molecule is CCCC1(O)CN(C(=O)CCc2cccs2)C1. The van der Waals surface area contributed by atoms with Crippen LogP contribution >= 0.6 is 11.3 Å². The maximum Gasteiger partial charge on any atom is 0.223 e. The van der Waals surface area contributed by atoms with Gasteiger partial charge in [-0.3, -0.25) is 4.79 Å². The summed E-state index contributed by atoms with van der Waals surface area (Å²) in [7, 11) is 0. The Morgan fingerprint density at radius 2 is 2.35 bits per heavy atom. The van der Waals surface area contributed by atoms with Crippen LogP contribution in [0.25, 0.3) is 0 Å². The van der Waals surface area contributed by atoms with Gasteiger partial charge in [-0.2, -0.15) is 0 Å². The first-order valence-corrected chi connectivity index (χ1v) is 7.03. The van der Waals surface area contributed by atoms with Gasteiger partial charge in [0, 0.05) is 11.3 Å². The molecule has 2 rings (SSSR count). The molecule has 1 N–H and O–H groups in total. The van der Waals surface area contributed by atoms with Gasteiger partial charge in [0.05, 0.1) is 18.7 Å². The Hall–Kier alpha value is -0.870. The topological polar surface area (TPSA) is 40.5 Å². The van der Waals surface area contributed by atoms with Crippen LogP contribution in [0.4, 0.5) is 0 Å². The standard InChI is InChI=1S/C13H19NO2S/c1-2-7-13(16)9-14(10-13)12(15)6-5-11-4-3-8-17-11/h3-4,8,16H,2,5-7,9-10H2,1H3. The van der Waals surface area contributed by atoms with Gasteiger partial charge in [0.2, 0.25) is 5.91 Å². The Kier molecular flexibility index (Phi) is 3.84. The number of aliphatic hydroxyl groups is 1. The van der Waals surface area contributed by atoms with Gasteiger partial charge in [0.25, 0.3) is 0 Å². The normalized spacial score (nSPS) is 17.9. The lowest BCUT2D eigenvalue weighted by molar-refractivity contribution is -0.156. The highest BCUT2D eigenvalue weighted by atomic mass is 32.1. The molecule has 2 heterocycles. The van der Waals surface area contributed by atoms with E-state index >= 15 is 0 Å². The number of rotatable bonds is 5. The fourth-order valence-electron chi connectivity index (χ4n) is 2.31. The fraction of sp³-hybridized carbons (Fsp3) is 0.615. The highest BCUT2D eigenvalue weighted by Crippen LogP contribution is 2.26. The molecule has 0 spiro atoms. The van der Waals surface area contributed by atoms with E-state index in [1.54, 1.807) is 16.2 Å². The molecule has 0 atom stereocenters. The van der Waals surface area contributed by atoms with Crippen LogP contribution in [0, 0.1) is 0 Å². The van der Waals surface area contributed by atoms with E-state index in [1.165, 1.54) is 4.88 Å². The summed E-state index contributed by atoms with van der Waals surface area (Å²) >= 11 is 1.69. The number of aryl methyl sites for hydroxylation is 1. The second kappa shape index (κ2) is 5.19. The largest absolute Gasteiger partial charge is 0.386 e. The number of amides is 1. The van der Waals surface area contributed by atoms with Crippen molar-refractivity contribution < 1.29 is 9.90 Å². The molecule has 4 heteroatoms. The van der Waals surface area contributed by atoms with Crippen molar-refractivity contribution in [2.45, 2.75) is 38.2 Å². The summed E-state index contributed by atoms with van der Waals surface area (Å²) in [5.41, 5.74) is -0.604. The third kappa shape index (κ3) is 3.07. The van der Waals surface area contributed by atoms with Gasteiger partial charge in [-0.05, 0) is 24.3 Å². The van der Waals surface area contributed by atoms with Crippen molar-refractivity contribution in [3.63, 3.8) is 0 Å². The van der Waals surface area contributed by atoms with Gasteiger partial charge in [0.15, 0.2) is 0 Å². The van der Waals surface area contributed by atoms with Gasteiger partial charge in [-0.1, -0.05) is 19.4 Å². The number of nitrogens with zero attached hydrogens (tertiary/aromatic N) is 1. The molecule has 0 radical (unpaired) electrons. The van der Waals surface area contributed by atoms with Crippen molar-refractivity contribution in [1.29, 1.82) is 0 Å². The van der Waals surface area contributed by atoms with E-state index in [2.05, 4.69) is 13.0 Å². The Bertz CT molecular complexity index is 369. The summed E-state index contributed by atoms with van der Waals surface area (Å²) in [6.45, 7) is 3.09. The van der Waals surface area contributed by atoms with Crippen LogP contribution in [0.1, 0.15) is 31.1 Å². The van der Waals surface area contributed by atoms with Gasteiger partial charge >= 0.3 is 0 Å². The van der Waals surface area contributed by atoms with Crippen molar-refractivity contribution in [2.24, 2.45) is 0 Å². The van der Waals surface area contributed by atoms with Gasteiger partial charge < -0.3 is 10.0 Å². The van der Waals surface area contributed by atoms with E-state index in [1.807, 2.05) is 11.4 Å². The molecular formula is C13H19NO2S. The van der Waals surface area contributed by atoms with Crippen LogP contribution in [0.5, 0.6) is 0 Å². The molecule has 0 saturated carbocycles. The summed E-state index contributed by atoms with van der Waals surface area (Å²) in [5, 5.41) is 12.0. The fourth-order valence-corrected chi connectivity index (χ4v) is 3.02. The van der Waals surface area contributed by atoms with Crippen LogP contribution in [-0.2, 0) is 11.2 Å². The average molecular weight is 253 g/mol. The first-order chi connectivity index (χ1) is 8.13. The van der Waals surface area contributed by atoms with Gasteiger partial charge in [0.1, 0.15) is 0 Å². The summed E-state index contributed by atoms with van der Waals surface area (Å²) in [4.78, 5) is 14.9. The number of hydrogen-bond donors (Lipinski definition) is 1. The van der Waals surface area contributed by atoms with E-state index < -0.39 is 5.60 Å². The molecule has 94 valence electrons. The molecule has 0 aliphatic carbocycles. The monoisotopic (exact) mass is 253 g/mol. The van der Waals surface area contributed by atoms with Crippen molar-refractivity contribution in [2.75, 3.05) is 13.1 Å². The van der Waals surface area contributed by atoms with Gasteiger partial charge in [-0.25, -0.2) is 0 Å². The minimum absolute atomic E-state index is 0.166. The maximum absolute atomic E-state index is 11.8. The quantitative estimate of drug-likeness (QED) is 0.872. The number of β-amino-alcohol motifs (C(OH)–C–C–N with tert-alkyl or cyclic N) is 1. The van der Waals surface area contributed by atoms with E-state index in [9.17, 15) is 9.90 Å². The molecule has 1 saturated heterocycles. The minimum atomic E-state index is -0.604. The number of thiophene rings is 1. The molecule has 1 amide bonds. The summed E-state index contributed by atoms with van der Waals surface area (Å²) in [6, 6.07) is 4.07. The average Bonchev–Trinajstić information content (AvgIpc) is 2.75. The highest BCUT2D eigenvalue weighted by molar-refractivity contribution is 7.09. The van der Waals surface area contributed by atoms with Crippen LogP contribution in [0.3, 0.4) is 0 Å². The first-order valence-electron chi connectivity index (χ1n) is 6.15. The molecular weight excluding hydrogens is 234 g/mol. The zero-order valence-corrected chi connectivity index (χ0v) is 11.0. The number of likely N-dealkylation sites (tertiary alicyclic amines) is 1. The molecule has 1 aliphatic rings. The predicted molar refractivity (Wildman–Crippen MR) is 69.1 cm³/mol. The third-order valence-electron chi connectivity index (χ3n) is 3.20. The zero-order chi connectivity index (χ0) is 12.3. The Labute approximate surface area is 106 Å². The summed E-state index contributed by atoms with van der Waals surface area (Å²) < 4.78 is 0. The summed E-state index contributed by atoms with van der Waals surface area (Å²) in [5.74, 6) is 0.166. The van der Waals surface area contributed by atoms with Crippen LogP contribution in [0.2, 0.25) is 0 Å². The highest BCUT2D eigenvalue weighted by Gasteiger charge is 2.42. The molecule has 0 bridgehead atoms. The Balaban J connectivity index is 1.72. The lowest BCUT2D eigenvalue weighted by Gasteiger charge is -2.46. The van der Waals surface area contributed by atoms with Crippen molar-refractivity contribution in [3.8, 4) is 0 Å². The number of carbonyl (C=O) groups excluding carboxylic acids is 1. The second-order valence-electron chi connectivity index (χ2n) is 4.80. The number of carbonyl (C=O) groups is 1. The Morgan fingerprint density at radius 1 is 1.59 bits per heavy atom. The first kappa shape index (κ1) is 12.6. The van der Waals surface area contributed by atoms with E-state index in [4.69, 9.17) is 0 Å². The van der Waals surface area contributed by atoms with Crippen molar-refractivity contribution in [3.05, 3.63) is 22.4 Å². The van der Waals surface area contributed by atoms with E-state index in [0.717, 1.165) is 19.3 Å². The lowest BCUT2D eigenvalue weighted by Crippen LogP contribution is -2.63. The molecule has 1 fully saturated rings. The second-order valence-corrected chi connectivity index (χ2v) is 5.84. The third-order valence-corrected chi connectivity index (χ3v) is 4.14. The van der Waals surface area contributed by atoms with Gasteiger partial charge in [-0.15, -0.1) is 11.3 Å². The molecule has 1 aromatic rings. The predicted octanol–water partition coefficient (Wildman–Crippen LogP) is 2.05. The van der Waals surface area contributed by atoms with E-state index in [-0.39, 0.29) is 5.91 Å². The lowest BCUT2D eigenvalue weighted by atomic mass is 9.89. The van der Waals surface area contributed by atoms with Crippen molar-refractivity contribution >= 4 is 17.2 Å². The molecule has 1 aromatic heterocycles. The van der Waals surface area contributed by atoms with Crippen LogP contribution in [0.15, 0.2) is 17.5 Å². The zero-order valence-electron chi connectivity index (χ0n) is 10.2. The summed E-state index contributed by atoms with van der Waals surface area (Å²) in [6.07, 6.45) is 3.14. The molecule has 1 aliphatic heterocycles. The van der Waals surface area contributed by atoms with Crippen LogP contribution < -0.4 is 0 Å². The minimum Gasteiger partial charge on any atom is -0.386 e. The Morgan fingerprint density at radius 3 is 2.94 bits per heavy atom. The van der Waals surface area contributed by atoms with Crippen molar-refractivity contribution in [1.82, 2.24) is 4.90 Å². The van der Waals surface area contributed by atoms with E-state index in [0.29, 0.717) is 19.5 Å². The number of hydrogen-bond acceptors (Lipinski definition) is 3. The molecule has 0 unspecified atom stereocenters. The van der Waals surface area contributed by atoms with Crippen LogP contribution in [-0.4, -0.2) is 34.6 Å². The molecule has 3 nitrogen and oxygen atoms in total. The maximum atomic E-state index is 11.8.